The number of benzene rings is 2. The molecule has 0 aliphatic heterocycles. The molecule has 2 amide bonds. The maximum absolute atomic E-state index is 12.9. The Balaban J connectivity index is 1.93. The zero-order chi connectivity index (χ0) is 21.5. The molecule has 150 valence electrons. The molecule has 7 nitrogen and oxygen atoms in total. The van der Waals surface area contributed by atoms with E-state index in [0.29, 0.717) is 11.3 Å². The Hall–Kier alpha value is -3.97. The van der Waals surface area contributed by atoms with Gasteiger partial charge < -0.3 is 15.7 Å². The van der Waals surface area contributed by atoms with Gasteiger partial charge in [-0.05, 0) is 42.5 Å². The fraction of sp³-hybridized carbons (Fsp3) is 0. The summed E-state index contributed by atoms with van der Waals surface area (Å²) in [5, 5.41) is 14.4. The highest BCUT2D eigenvalue weighted by Gasteiger charge is 2.20. The first-order valence-corrected chi connectivity index (χ1v) is 9.15. The molecule has 30 heavy (non-hydrogen) atoms. The number of carboxylic acids is 1. The zero-order valence-corrected chi connectivity index (χ0v) is 16.3. The van der Waals surface area contributed by atoms with Crippen molar-refractivity contribution >= 4 is 46.8 Å². The largest absolute Gasteiger partial charge is 0.478 e. The minimum atomic E-state index is -1.13. The molecule has 0 aliphatic rings. The molecule has 2 aromatic carbocycles. The zero-order valence-electron chi connectivity index (χ0n) is 15.5. The standard InChI is InChI=1S/C22H16ClN3O4/c23-19-14(7-5-11-24-19)13-18(20(27)25-16-8-2-1-3-9-16)21(28)26-17-10-4-6-15(12-17)22(29)30/h1-13H,(H,25,27)(H,26,28)(H,29,30)/b18-13+. The van der Waals surface area contributed by atoms with E-state index in [9.17, 15) is 14.4 Å². The maximum Gasteiger partial charge on any atom is 0.335 e. The van der Waals surface area contributed by atoms with Crippen molar-refractivity contribution in [3.63, 3.8) is 0 Å². The molecule has 0 bridgehead atoms. The van der Waals surface area contributed by atoms with Crippen LogP contribution in [-0.2, 0) is 9.59 Å². The van der Waals surface area contributed by atoms with Gasteiger partial charge in [0.05, 0.1) is 5.56 Å². The molecule has 1 heterocycles. The topological polar surface area (TPSA) is 108 Å². The molecular weight excluding hydrogens is 406 g/mol. The highest BCUT2D eigenvalue weighted by molar-refractivity contribution is 6.32. The lowest BCUT2D eigenvalue weighted by Gasteiger charge is -2.11. The number of amides is 2. The molecule has 3 aromatic rings. The molecule has 0 aliphatic carbocycles. The van der Waals surface area contributed by atoms with E-state index in [0.717, 1.165) is 0 Å². The third-order valence-electron chi connectivity index (χ3n) is 3.98. The quantitative estimate of drug-likeness (QED) is 0.240. The van der Waals surface area contributed by atoms with Crippen LogP contribution in [0.25, 0.3) is 6.08 Å². The first kappa shape index (κ1) is 20.8. The molecule has 0 saturated carbocycles. The van der Waals surface area contributed by atoms with Gasteiger partial charge in [0.1, 0.15) is 10.7 Å². The summed E-state index contributed by atoms with van der Waals surface area (Å²) in [5.74, 6) is -2.52. The average molecular weight is 422 g/mol. The van der Waals surface area contributed by atoms with Gasteiger partial charge in [0.25, 0.3) is 11.8 Å². The molecule has 3 rings (SSSR count). The van der Waals surface area contributed by atoms with Crippen molar-refractivity contribution in [2.75, 3.05) is 10.6 Å². The Labute approximate surface area is 177 Å². The summed E-state index contributed by atoms with van der Waals surface area (Å²) < 4.78 is 0. The van der Waals surface area contributed by atoms with E-state index in [2.05, 4.69) is 15.6 Å². The molecule has 0 atom stereocenters. The van der Waals surface area contributed by atoms with Gasteiger partial charge in [0.2, 0.25) is 0 Å². The van der Waals surface area contributed by atoms with Crippen molar-refractivity contribution < 1.29 is 19.5 Å². The number of nitrogens with one attached hydrogen (secondary N) is 2. The number of aromatic nitrogens is 1. The fourth-order valence-corrected chi connectivity index (χ4v) is 2.72. The van der Waals surface area contributed by atoms with E-state index in [1.54, 1.807) is 42.5 Å². The van der Waals surface area contributed by atoms with Crippen LogP contribution in [0.1, 0.15) is 15.9 Å². The van der Waals surface area contributed by atoms with Crippen LogP contribution < -0.4 is 10.6 Å². The fourth-order valence-electron chi connectivity index (χ4n) is 2.54. The first-order chi connectivity index (χ1) is 14.4. The minimum absolute atomic E-state index is 0.00219. The van der Waals surface area contributed by atoms with Crippen LogP contribution >= 0.6 is 11.6 Å². The van der Waals surface area contributed by atoms with Crippen LogP contribution in [0.2, 0.25) is 5.15 Å². The van der Waals surface area contributed by atoms with Crippen molar-refractivity contribution in [2.24, 2.45) is 0 Å². The van der Waals surface area contributed by atoms with Crippen molar-refractivity contribution in [1.82, 2.24) is 4.98 Å². The summed E-state index contributed by atoms with van der Waals surface area (Å²) >= 11 is 6.07. The molecule has 0 saturated heterocycles. The Bertz CT molecular complexity index is 1130. The number of rotatable bonds is 6. The van der Waals surface area contributed by atoms with Crippen LogP contribution in [0.5, 0.6) is 0 Å². The average Bonchev–Trinajstić information content (AvgIpc) is 2.74. The van der Waals surface area contributed by atoms with E-state index < -0.39 is 17.8 Å². The van der Waals surface area contributed by atoms with E-state index in [-0.39, 0.29) is 22.0 Å². The number of carbonyl (C=O) groups excluding carboxylic acids is 2. The number of pyridine rings is 1. The predicted octanol–water partition coefficient (Wildman–Crippen LogP) is 4.09. The Morgan fingerprint density at radius 2 is 1.53 bits per heavy atom. The third kappa shape index (κ3) is 5.30. The van der Waals surface area contributed by atoms with E-state index in [1.165, 1.54) is 36.5 Å². The summed E-state index contributed by atoms with van der Waals surface area (Å²) in [6.45, 7) is 0. The molecule has 0 unspecified atom stereocenters. The van der Waals surface area contributed by atoms with Crippen LogP contribution in [0.15, 0.2) is 78.5 Å². The number of anilines is 2. The summed E-state index contributed by atoms with van der Waals surface area (Å²) in [7, 11) is 0. The number of hydrogen-bond acceptors (Lipinski definition) is 4. The van der Waals surface area contributed by atoms with Crippen molar-refractivity contribution in [3.05, 3.63) is 94.8 Å². The second-order valence-corrected chi connectivity index (χ2v) is 6.46. The predicted molar refractivity (Wildman–Crippen MR) is 114 cm³/mol. The number of halogens is 1. The maximum atomic E-state index is 12.9. The number of carbonyl (C=O) groups is 3. The Kier molecular flexibility index (Phi) is 6.56. The van der Waals surface area contributed by atoms with Gasteiger partial charge in [0.15, 0.2) is 0 Å². The second-order valence-electron chi connectivity index (χ2n) is 6.10. The van der Waals surface area contributed by atoms with Crippen molar-refractivity contribution in [3.8, 4) is 0 Å². The number of nitrogens with zero attached hydrogens (tertiary/aromatic N) is 1. The number of para-hydroxylation sites is 1. The van der Waals surface area contributed by atoms with E-state index in [1.807, 2.05) is 0 Å². The van der Waals surface area contributed by atoms with Gasteiger partial charge in [0, 0.05) is 23.1 Å². The van der Waals surface area contributed by atoms with Crippen molar-refractivity contribution in [2.45, 2.75) is 0 Å². The Morgan fingerprint density at radius 1 is 0.867 bits per heavy atom. The van der Waals surface area contributed by atoms with E-state index in [4.69, 9.17) is 16.7 Å². The molecule has 0 radical (unpaired) electrons. The molecular formula is C22H16ClN3O4. The molecule has 0 fully saturated rings. The van der Waals surface area contributed by atoms with Crippen LogP contribution in [0.4, 0.5) is 11.4 Å². The normalized spacial score (nSPS) is 10.9. The first-order valence-electron chi connectivity index (χ1n) is 8.77. The second kappa shape index (κ2) is 9.49. The lowest BCUT2D eigenvalue weighted by atomic mass is 10.1. The lowest BCUT2D eigenvalue weighted by molar-refractivity contribution is -0.118. The SMILES string of the molecule is O=C(Nc1ccccc1)/C(=C\c1cccnc1Cl)C(=O)Nc1cccc(C(=O)O)c1. The van der Waals surface area contributed by atoms with Gasteiger partial charge in [-0.1, -0.05) is 41.9 Å². The molecule has 8 heteroatoms. The summed E-state index contributed by atoms with van der Waals surface area (Å²) in [6, 6.07) is 17.6. The van der Waals surface area contributed by atoms with Gasteiger partial charge in [-0.2, -0.15) is 0 Å². The number of aromatic carboxylic acids is 1. The third-order valence-corrected chi connectivity index (χ3v) is 4.29. The van der Waals surface area contributed by atoms with E-state index >= 15 is 0 Å². The molecule has 1 aromatic heterocycles. The number of hydrogen-bond donors (Lipinski definition) is 3. The minimum Gasteiger partial charge on any atom is -0.478 e. The van der Waals surface area contributed by atoms with Crippen LogP contribution in [-0.4, -0.2) is 27.9 Å². The summed E-state index contributed by atoms with van der Waals surface area (Å²) in [4.78, 5) is 40.8. The summed E-state index contributed by atoms with van der Waals surface area (Å²) in [5.41, 5.74) is 0.894. The van der Waals surface area contributed by atoms with Crippen LogP contribution in [0.3, 0.4) is 0 Å². The van der Waals surface area contributed by atoms with Gasteiger partial charge in [-0.3, -0.25) is 9.59 Å². The molecule has 3 N–H and O–H groups in total. The van der Waals surface area contributed by atoms with Gasteiger partial charge in [-0.25, -0.2) is 9.78 Å². The van der Waals surface area contributed by atoms with Gasteiger partial charge >= 0.3 is 5.97 Å². The smallest absolute Gasteiger partial charge is 0.335 e. The van der Waals surface area contributed by atoms with Crippen LogP contribution in [0, 0.1) is 0 Å². The monoisotopic (exact) mass is 421 g/mol. The number of carboxylic acid groups (broad SMARTS) is 1. The van der Waals surface area contributed by atoms with Gasteiger partial charge in [-0.15, -0.1) is 0 Å². The highest BCUT2D eigenvalue weighted by atomic mass is 35.5. The Morgan fingerprint density at radius 3 is 2.20 bits per heavy atom. The van der Waals surface area contributed by atoms with Crippen molar-refractivity contribution in [1.29, 1.82) is 0 Å². The lowest BCUT2D eigenvalue weighted by Crippen LogP contribution is -2.25. The highest BCUT2D eigenvalue weighted by Crippen LogP contribution is 2.19. The summed E-state index contributed by atoms with van der Waals surface area (Å²) in [6.07, 6.45) is 2.81. The molecule has 0 spiro atoms.